The number of hydrogen-bond acceptors (Lipinski definition) is 4. The molecule has 2 aliphatic heterocycles. The highest BCUT2D eigenvalue weighted by molar-refractivity contribution is 5.82. The molecule has 2 fully saturated rings. The van der Waals surface area contributed by atoms with Gasteiger partial charge < -0.3 is 16.0 Å². The van der Waals surface area contributed by atoms with Gasteiger partial charge in [0.2, 0.25) is 11.8 Å². The maximum absolute atomic E-state index is 12.1. The molecule has 0 aliphatic carbocycles. The van der Waals surface area contributed by atoms with Gasteiger partial charge in [-0.1, -0.05) is 0 Å². The van der Waals surface area contributed by atoms with Crippen molar-refractivity contribution in [1.29, 1.82) is 0 Å². The summed E-state index contributed by atoms with van der Waals surface area (Å²) in [6.45, 7) is 9.95. The minimum Gasteiger partial charge on any atom is -0.354 e. The molecule has 6 heteroatoms. The van der Waals surface area contributed by atoms with Crippen LogP contribution in [0.5, 0.6) is 0 Å². The number of rotatable bonds is 5. The fourth-order valence-corrected chi connectivity index (χ4v) is 3.40. The summed E-state index contributed by atoms with van der Waals surface area (Å²) in [4.78, 5) is 26.3. The van der Waals surface area contributed by atoms with Gasteiger partial charge in [-0.15, -0.1) is 0 Å². The first kappa shape index (κ1) is 18.2. The summed E-state index contributed by atoms with van der Waals surface area (Å²) in [5.74, 6) is 0.652. The first-order chi connectivity index (χ1) is 10.8. The summed E-state index contributed by atoms with van der Waals surface area (Å²) < 4.78 is 0. The van der Waals surface area contributed by atoms with Crippen molar-refractivity contribution in [3.05, 3.63) is 0 Å². The average molecular weight is 324 g/mol. The van der Waals surface area contributed by atoms with Crippen LogP contribution in [0.3, 0.4) is 0 Å². The number of amides is 2. The molecule has 2 atom stereocenters. The van der Waals surface area contributed by atoms with E-state index in [0.29, 0.717) is 19.0 Å². The monoisotopic (exact) mass is 324 g/mol. The van der Waals surface area contributed by atoms with Crippen LogP contribution in [0.4, 0.5) is 0 Å². The molecule has 2 rings (SSSR count). The summed E-state index contributed by atoms with van der Waals surface area (Å²) in [7, 11) is 0. The van der Waals surface area contributed by atoms with E-state index in [4.69, 9.17) is 0 Å². The van der Waals surface area contributed by atoms with Gasteiger partial charge in [-0.25, -0.2) is 0 Å². The van der Waals surface area contributed by atoms with Crippen molar-refractivity contribution in [1.82, 2.24) is 20.9 Å². The van der Waals surface area contributed by atoms with Crippen LogP contribution in [-0.2, 0) is 9.59 Å². The molecule has 3 N–H and O–H groups in total. The second-order valence-electron chi connectivity index (χ2n) is 7.94. The molecule has 23 heavy (non-hydrogen) atoms. The Labute approximate surface area is 139 Å². The van der Waals surface area contributed by atoms with Gasteiger partial charge in [0.1, 0.15) is 0 Å². The largest absolute Gasteiger partial charge is 0.354 e. The van der Waals surface area contributed by atoms with E-state index < -0.39 is 0 Å². The van der Waals surface area contributed by atoms with Gasteiger partial charge in [0.05, 0.1) is 12.6 Å². The van der Waals surface area contributed by atoms with Gasteiger partial charge >= 0.3 is 0 Å². The van der Waals surface area contributed by atoms with Crippen molar-refractivity contribution in [2.45, 2.75) is 58.0 Å². The topological polar surface area (TPSA) is 73.5 Å². The van der Waals surface area contributed by atoms with Gasteiger partial charge in [0.15, 0.2) is 0 Å². The molecule has 2 amide bonds. The van der Waals surface area contributed by atoms with Crippen LogP contribution in [0.15, 0.2) is 0 Å². The van der Waals surface area contributed by atoms with Crippen LogP contribution < -0.4 is 16.0 Å². The SMILES string of the molecule is CC(C)(C)NC(=O)CN1CCCC(CNC(=O)C2CCCN2)C1. The van der Waals surface area contributed by atoms with Gasteiger partial charge in [0, 0.05) is 18.6 Å². The van der Waals surface area contributed by atoms with Crippen molar-refractivity contribution in [2.24, 2.45) is 5.92 Å². The fraction of sp³-hybridized carbons (Fsp3) is 0.882. The van der Waals surface area contributed by atoms with Crippen molar-refractivity contribution in [2.75, 3.05) is 32.7 Å². The summed E-state index contributed by atoms with van der Waals surface area (Å²) in [6, 6.07) is -0.00717. The summed E-state index contributed by atoms with van der Waals surface area (Å²) in [5, 5.41) is 9.31. The lowest BCUT2D eigenvalue weighted by atomic mass is 9.97. The second-order valence-corrected chi connectivity index (χ2v) is 7.94. The summed E-state index contributed by atoms with van der Waals surface area (Å²) in [6.07, 6.45) is 4.23. The number of nitrogens with one attached hydrogen (secondary N) is 3. The number of carbonyl (C=O) groups excluding carboxylic acids is 2. The standard InChI is InChI=1S/C17H32N4O2/c1-17(2,3)20-15(22)12-21-9-5-6-13(11-21)10-19-16(23)14-7-4-8-18-14/h13-14,18H,4-12H2,1-3H3,(H,19,23)(H,20,22). The molecule has 2 unspecified atom stereocenters. The quantitative estimate of drug-likeness (QED) is 0.688. The van der Waals surface area contributed by atoms with Crippen LogP contribution >= 0.6 is 0 Å². The number of piperidine rings is 1. The van der Waals surface area contributed by atoms with Crippen LogP contribution in [0.25, 0.3) is 0 Å². The summed E-state index contributed by atoms with van der Waals surface area (Å²) in [5.41, 5.74) is -0.186. The van der Waals surface area contributed by atoms with E-state index in [1.54, 1.807) is 0 Å². The van der Waals surface area contributed by atoms with Crippen LogP contribution in [0.2, 0.25) is 0 Å². The molecule has 0 saturated carbocycles. The Morgan fingerprint density at radius 1 is 1.22 bits per heavy atom. The van der Waals surface area contributed by atoms with Crippen LogP contribution in [0, 0.1) is 5.92 Å². The zero-order chi connectivity index (χ0) is 16.9. The molecule has 2 heterocycles. The minimum atomic E-state index is -0.186. The Kier molecular flexibility index (Phi) is 6.41. The Morgan fingerprint density at radius 3 is 2.65 bits per heavy atom. The van der Waals surface area contributed by atoms with E-state index in [2.05, 4.69) is 20.9 Å². The predicted octanol–water partition coefficient (Wildman–Crippen LogP) is 0.481. The Bertz CT molecular complexity index is 413. The van der Waals surface area contributed by atoms with Crippen molar-refractivity contribution in [3.63, 3.8) is 0 Å². The molecule has 2 aliphatic rings. The van der Waals surface area contributed by atoms with E-state index in [-0.39, 0.29) is 23.4 Å². The lowest BCUT2D eigenvalue weighted by Gasteiger charge is -2.33. The molecule has 6 nitrogen and oxygen atoms in total. The van der Waals surface area contributed by atoms with Gasteiger partial charge in [0.25, 0.3) is 0 Å². The third kappa shape index (κ3) is 6.47. The van der Waals surface area contributed by atoms with E-state index in [1.807, 2.05) is 20.8 Å². The van der Waals surface area contributed by atoms with Gasteiger partial charge in [-0.05, 0) is 65.5 Å². The number of carbonyl (C=O) groups is 2. The first-order valence-corrected chi connectivity index (χ1v) is 8.88. The zero-order valence-corrected chi connectivity index (χ0v) is 14.8. The normalized spacial score (nSPS) is 26.0. The second kappa shape index (κ2) is 8.11. The highest BCUT2D eigenvalue weighted by Gasteiger charge is 2.25. The number of likely N-dealkylation sites (tertiary alicyclic amines) is 1. The van der Waals surface area contributed by atoms with E-state index in [1.165, 1.54) is 0 Å². The highest BCUT2D eigenvalue weighted by Crippen LogP contribution is 2.16. The van der Waals surface area contributed by atoms with Gasteiger partial charge in [-0.3, -0.25) is 14.5 Å². The maximum atomic E-state index is 12.1. The first-order valence-electron chi connectivity index (χ1n) is 8.88. The third-order valence-corrected chi connectivity index (χ3v) is 4.43. The molecular weight excluding hydrogens is 292 g/mol. The van der Waals surface area contributed by atoms with Crippen molar-refractivity contribution >= 4 is 11.8 Å². The van der Waals surface area contributed by atoms with E-state index in [9.17, 15) is 9.59 Å². The molecule has 132 valence electrons. The molecule has 0 aromatic rings. The fourth-order valence-electron chi connectivity index (χ4n) is 3.40. The van der Waals surface area contributed by atoms with E-state index in [0.717, 1.165) is 45.3 Å². The summed E-state index contributed by atoms with van der Waals surface area (Å²) >= 11 is 0. The smallest absolute Gasteiger partial charge is 0.237 e. The molecule has 0 aromatic heterocycles. The Morgan fingerprint density at radius 2 is 2.00 bits per heavy atom. The molecule has 0 aromatic carbocycles. The Hall–Kier alpha value is -1.14. The maximum Gasteiger partial charge on any atom is 0.237 e. The van der Waals surface area contributed by atoms with Crippen LogP contribution in [0.1, 0.15) is 46.5 Å². The van der Waals surface area contributed by atoms with Gasteiger partial charge in [-0.2, -0.15) is 0 Å². The Balaban J connectivity index is 1.70. The number of hydrogen-bond donors (Lipinski definition) is 3. The van der Waals surface area contributed by atoms with Crippen LogP contribution in [-0.4, -0.2) is 61.0 Å². The highest BCUT2D eigenvalue weighted by atomic mass is 16.2. The predicted molar refractivity (Wildman–Crippen MR) is 91.1 cm³/mol. The van der Waals surface area contributed by atoms with Crippen molar-refractivity contribution in [3.8, 4) is 0 Å². The van der Waals surface area contributed by atoms with E-state index >= 15 is 0 Å². The molecule has 0 bridgehead atoms. The zero-order valence-electron chi connectivity index (χ0n) is 14.8. The molecule has 2 saturated heterocycles. The average Bonchev–Trinajstić information content (AvgIpc) is 2.97. The molecule has 0 spiro atoms. The molecular formula is C17H32N4O2. The number of nitrogens with zero attached hydrogens (tertiary/aromatic N) is 1. The van der Waals surface area contributed by atoms with Crippen molar-refractivity contribution < 1.29 is 9.59 Å². The molecule has 0 radical (unpaired) electrons. The third-order valence-electron chi connectivity index (χ3n) is 4.43. The lowest BCUT2D eigenvalue weighted by molar-refractivity contribution is -0.125. The lowest BCUT2D eigenvalue weighted by Crippen LogP contribution is -2.49. The minimum absolute atomic E-state index is 0.00717.